The van der Waals surface area contributed by atoms with Crippen LogP contribution in [-0.4, -0.2) is 26.7 Å². The summed E-state index contributed by atoms with van der Waals surface area (Å²) in [5.74, 6) is 1.49. The minimum Gasteiger partial charge on any atom is -0.497 e. The molecule has 0 unspecified atom stereocenters. The van der Waals surface area contributed by atoms with Crippen molar-refractivity contribution in [2.24, 2.45) is 0 Å². The van der Waals surface area contributed by atoms with Crippen molar-refractivity contribution in [2.75, 3.05) is 7.11 Å². The third kappa shape index (κ3) is 1.98. The van der Waals surface area contributed by atoms with E-state index in [9.17, 15) is 0 Å². The molecule has 0 N–H and O–H groups in total. The van der Waals surface area contributed by atoms with Crippen molar-refractivity contribution < 1.29 is 4.74 Å². The first-order valence-electron chi connectivity index (χ1n) is 7.01. The molecule has 0 amide bonds. The van der Waals surface area contributed by atoms with Crippen LogP contribution in [0.15, 0.2) is 48.8 Å². The summed E-state index contributed by atoms with van der Waals surface area (Å²) >= 11 is 0. The molecule has 0 aliphatic heterocycles. The topological polar surface area (TPSA) is 52.3 Å². The first kappa shape index (κ1) is 12.8. The largest absolute Gasteiger partial charge is 0.497 e. The Morgan fingerprint density at radius 2 is 1.86 bits per heavy atom. The number of hydrogen-bond donors (Lipinski definition) is 0. The number of ether oxygens (including phenoxy) is 1. The molecule has 2 aromatic carbocycles. The zero-order valence-electron chi connectivity index (χ0n) is 12.3. The summed E-state index contributed by atoms with van der Waals surface area (Å²) < 4.78 is 6.90. The third-order valence-corrected chi connectivity index (χ3v) is 3.68. The van der Waals surface area contributed by atoms with Crippen LogP contribution in [0.4, 0.5) is 0 Å². The molecule has 4 aromatic rings. The second kappa shape index (κ2) is 4.80. The predicted molar refractivity (Wildman–Crippen MR) is 85.0 cm³/mol. The van der Waals surface area contributed by atoms with Crippen molar-refractivity contribution >= 4 is 16.6 Å². The monoisotopic (exact) mass is 290 g/mol. The zero-order valence-corrected chi connectivity index (χ0v) is 12.3. The van der Waals surface area contributed by atoms with Crippen LogP contribution in [0.3, 0.4) is 0 Å². The minimum atomic E-state index is 0.679. The van der Waals surface area contributed by atoms with E-state index in [1.54, 1.807) is 18.0 Å². The Kier molecular flexibility index (Phi) is 2.79. The lowest BCUT2D eigenvalue weighted by Gasteiger charge is -1.99. The Balaban J connectivity index is 1.92. The molecule has 0 atom stereocenters. The second-order valence-electron chi connectivity index (χ2n) is 5.20. The van der Waals surface area contributed by atoms with E-state index in [1.807, 2.05) is 36.4 Å². The van der Waals surface area contributed by atoms with Crippen molar-refractivity contribution in [1.29, 1.82) is 0 Å². The molecule has 0 bridgehead atoms. The van der Waals surface area contributed by atoms with Gasteiger partial charge in [0.25, 0.3) is 0 Å². The zero-order chi connectivity index (χ0) is 15.1. The molecule has 5 heteroatoms. The molecule has 0 spiro atoms. The average Bonchev–Trinajstić information content (AvgIpc) is 2.99. The summed E-state index contributed by atoms with van der Waals surface area (Å²) in [6.07, 6.45) is 1.70. The summed E-state index contributed by atoms with van der Waals surface area (Å²) in [4.78, 5) is 9.10. The van der Waals surface area contributed by atoms with Gasteiger partial charge >= 0.3 is 0 Å². The maximum Gasteiger partial charge on any atom is 0.182 e. The molecule has 0 saturated carbocycles. The number of aromatic nitrogens is 4. The van der Waals surface area contributed by atoms with Crippen LogP contribution in [0.5, 0.6) is 5.75 Å². The molecule has 5 nitrogen and oxygen atoms in total. The highest BCUT2D eigenvalue weighted by atomic mass is 16.5. The molecule has 0 fully saturated rings. The van der Waals surface area contributed by atoms with Crippen LogP contribution < -0.4 is 4.74 Å². The molecule has 2 aromatic heterocycles. The van der Waals surface area contributed by atoms with E-state index >= 15 is 0 Å². The molecule has 0 aliphatic carbocycles. The maximum atomic E-state index is 5.18. The fourth-order valence-electron chi connectivity index (χ4n) is 2.51. The van der Waals surface area contributed by atoms with Gasteiger partial charge < -0.3 is 4.74 Å². The quantitative estimate of drug-likeness (QED) is 0.568. The van der Waals surface area contributed by atoms with Gasteiger partial charge in [0, 0.05) is 10.9 Å². The molecule has 108 valence electrons. The molecular formula is C17H14N4O. The van der Waals surface area contributed by atoms with Gasteiger partial charge in [-0.05, 0) is 43.3 Å². The molecular weight excluding hydrogens is 276 g/mol. The smallest absolute Gasteiger partial charge is 0.182 e. The number of fused-ring (bicyclic) bond motifs is 3. The lowest BCUT2D eigenvalue weighted by molar-refractivity contribution is 0.415. The average molecular weight is 290 g/mol. The van der Waals surface area contributed by atoms with E-state index in [1.165, 1.54) is 5.56 Å². The van der Waals surface area contributed by atoms with Crippen LogP contribution in [0, 0.1) is 6.92 Å². The van der Waals surface area contributed by atoms with Crippen molar-refractivity contribution in [3.63, 3.8) is 0 Å². The van der Waals surface area contributed by atoms with Gasteiger partial charge in [-0.3, -0.25) is 0 Å². The van der Waals surface area contributed by atoms with E-state index in [-0.39, 0.29) is 0 Å². The highest BCUT2D eigenvalue weighted by molar-refractivity contribution is 5.91. The normalized spacial score (nSPS) is 11.2. The Hall–Kier alpha value is -2.95. The van der Waals surface area contributed by atoms with Crippen molar-refractivity contribution in [3.05, 3.63) is 54.4 Å². The Morgan fingerprint density at radius 3 is 2.64 bits per heavy atom. The summed E-state index contributed by atoms with van der Waals surface area (Å²) in [5.41, 5.74) is 3.87. The first-order valence-corrected chi connectivity index (χ1v) is 7.01. The van der Waals surface area contributed by atoms with Gasteiger partial charge in [-0.1, -0.05) is 11.6 Å². The van der Waals surface area contributed by atoms with Gasteiger partial charge in [0.05, 0.1) is 12.6 Å². The van der Waals surface area contributed by atoms with E-state index in [0.29, 0.717) is 5.82 Å². The number of benzene rings is 2. The summed E-state index contributed by atoms with van der Waals surface area (Å²) in [6.45, 7) is 2.06. The second-order valence-corrected chi connectivity index (χ2v) is 5.20. The van der Waals surface area contributed by atoms with Gasteiger partial charge in [0.1, 0.15) is 12.1 Å². The predicted octanol–water partition coefficient (Wildman–Crippen LogP) is 3.26. The number of hydrogen-bond acceptors (Lipinski definition) is 4. The van der Waals surface area contributed by atoms with Crippen LogP contribution in [0.25, 0.3) is 27.9 Å². The molecule has 0 aliphatic rings. The lowest BCUT2D eigenvalue weighted by atomic mass is 10.1. The summed E-state index contributed by atoms with van der Waals surface area (Å²) in [5, 5.41) is 5.53. The lowest BCUT2D eigenvalue weighted by Crippen LogP contribution is -1.91. The Morgan fingerprint density at radius 1 is 1.05 bits per heavy atom. The van der Waals surface area contributed by atoms with Crippen LogP contribution in [-0.2, 0) is 0 Å². The summed E-state index contributed by atoms with van der Waals surface area (Å²) in [7, 11) is 1.65. The van der Waals surface area contributed by atoms with Gasteiger partial charge in [-0.15, -0.1) is 5.10 Å². The van der Waals surface area contributed by atoms with E-state index in [4.69, 9.17) is 4.74 Å². The van der Waals surface area contributed by atoms with Gasteiger partial charge in [0.15, 0.2) is 11.5 Å². The molecule has 2 heterocycles. The standard InChI is InChI=1S/C17H14N4O/c1-11-3-8-15-14(9-11)17-19-16(20-21(17)10-18-15)12-4-6-13(22-2)7-5-12/h3-10H,1-2H3. The van der Waals surface area contributed by atoms with Gasteiger partial charge in [-0.2, -0.15) is 0 Å². The number of rotatable bonds is 2. The highest BCUT2D eigenvalue weighted by Gasteiger charge is 2.10. The van der Waals surface area contributed by atoms with Crippen molar-refractivity contribution in [1.82, 2.24) is 19.6 Å². The Labute approximate surface area is 127 Å². The molecule has 0 radical (unpaired) electrons. The number of methoxy groups -OCH3 is 1. The van der Waals surface area contributed by atoms with Crippen LogP contribution in [0.1, 0.15) is 5.56 Å². The first-order chi connectivity index (χ1) is 10.7. The van der Waals surface area contributed by atoms with Crippen molar-refractivity contribution in [2.45, 2.75) is 6.92 Å². The Bertz CT molecular complexity index is 973. The number of aryl methyl sites for hydroxylation is 1. The molecule has 0 saturated heterocycles. The summed E-state index contributed by atoms with van der Waals surface area (Å²) in [6, 6.07) is 13.9. The van der Waals surface area contributed by atoms with E-state index < -0.39 is 0 Å². The highest BCUT2D eigenvalue weighted by Crippen LogP contribution is 2.23. The SMILES string of the molecule is COc1ccc(-c2nc3c4cc(C)ccc4ncn3n2)cc1. The molecule has 22 heavy (non-hydrogen) atoms. The van der Waals surface area contributed by atoms with Gasteiger partial charge in [0.2, 0.25) is 0 Å². The fourth-order valence-corrected chi connectivity index (χ4v) is 2.51. The van der Waals surface area contributed by atoms with E-state index in [0.717, 1.165) is 27.9 Å². The molecule has 4 rings (SSSR count). The fraction of sp³-hybridized carbons (Fsp3) is 0.118. The van der Waals surface area contributed by atoms with Crippen LogP contribution >= 0.6 is 0 Å². The maximum absolute atomic E-state index is 5.18. The minimum absolute atomic E-state index is 0.679. The van der Waals surface area contributed by atoms with E-state index in [2.05, 4.69) is 28.1 Å². The number of nitrogens with zero attached hydrogens (tertiary/aromatic N) is 4. The van der Waals surface area contributed by atoms with Crippen LogP contribution in [0.2, 0.25) is 0 Å². The van der Waals surface area contributed by atoms with Crippen molar-refractivity contribution in [3.8, 4) is 17.1 Å². The third-order valence-electron chi connectivity index (χ3n) is 3.68. The van der Waals surface area contributed by atoms with Gasteiger partial charge in [-0.25, -0.2) is 14.5 Å².